The van der Waals surface area contributed by atoms with E-state index in [0.717, 1.165) is 12.5 Å². The Hall–Kier alpha value is -0.820. The minimum absolute atomic E-state index is 0.259. The normalized spacial score (nSPS) is 26.0. The van der Waals surface area contributed by atoms with Crippen molar-refractivity contribution in [1.82, 2.24) is 5.32 Å². The molecule has 0 radical (unpaired) electrons. The summed E-state index contributed by atoms with van der Waals surface area (Å²) in [7, 11) is 0. The molecule has 2 atom stereocenters. The van der Waals surface area contributed by atoms with Crippen molar-refractivity contribution in [1.29, 1.82) is 0 Å². The predicted octanol–water partition coefficient (Wildman–Crippen LogP) is 3.65. The van der Waals surface area contributed by atoms with Crippen LogP contribution in [0.3, 0.4) is 0 Å². The fraction of sp³-hybridized carbons (Fsp3) is 0.600. The van der Waals surface area contributed by atoms with Gasteiger partial charge in [0.2, 0.25) is 0 Å². The summed E-state index contributed by atoms with van der Waals surface area (Å²) in [6.07, 6.45) is 1.27. The Kier molecular flexibility index (Phi) is 3.07. The number of hydrogen-bond donors (Lipinski definition) is 1. The van der Waals surface area contributed by atoms with Crippen LogP contribution in [-0.2, 0) is 5.41 Å². The van der Waals surface area contributed by atoms with E-state index in [0.29, 0.717) is 6.04 Å². The van der Waals surface area contributed by atoms with E-state index in [4.69, 9.17) is 0 Å². The average Bonchev–Trinajstić information content (AvgIpc) is 2.64. The first kappa shape index (κ1) is 11.7. The first-order valence-corrected chi connectivity index (χ1v) is 6.30. The van der Waals surface area contributed by atoms with Crippen LogP contribution in [0.5, 0.6) is 0 Å². The summed E-state index contributed by atoms with van der Waals surface area (Å²) >= 11 is 0. The molecule has 1 aromatic carbocycles. The minimum Gasteiger partial charge on any atom is -0.310 e. The van der Waals surface area contributed by atoms with Crippen LogP contribution in [-0.4, -0.2) is 6.54 Å². The third kappa shape index (κ3) is 2.46. The molecule has 1 heterocycles. The van der Waals surface area contributed by atoms with Gasteiger partial charge in [0, 0.05) is 6.04 Å². The molecule has 1 heteroatoms. The van der Waals surface area contributed by atoms with E-state index in [9.17, 15) is 0 Å². The summed E-state index contributed by atoms with van der Waals surface area (Å²) in [5.74, 6) is 0.812. The number of hydrogen-bond acceptors (Lipinski definition) is 1. The van der Waals surface area contributed by atoms with Gasteiger partial charge >= 0.3 is 0 Å². The third-order valence-corrected chi connectivity index (χ3v) is 3.53. The Labute approximate surface area is 99.3 Å². The van der Waals surface area contributed by atoms with Crippen LogP contribution >= 0.6 is 0 Å². The van der Waals surface area contributed by atoms with Crippen molar-refractivity contribution in [2.45, 2.75) is 45.6 Å². The van der Waals surface area contributed by atoms with Crippen molar-refractivity contribution in [3.05, 3.63) is 35.4 Å². The van der Waals surface area contributed by atoms with Crippen LogP contribution in [0.25, 0.3) is 0 Å². The van der Waals surface area contributed by atoms with Crippen molar-refractivity contribution in [2.75, 3.05) is 6.54 Å². The van der Waals surface area contributed by atoms with Crippen molar-refractivity contribution in [2.24, 2.45) is 5.92 Å². The average molecular weight is 217 g/mol. The van der Waals surface area contributed by atoms with Gasteiger partial charge in [-0.3, -0.25) is 0 Å². The zero-order valence-electron chi connectivity index (χ0n) is 10.9. The molecule has 2 rings (SSSR count). The van der Waals surface area contributed by atoms with E-state index < -0.39 is 0 Å². The maximum absolute atomic E-state index is 3.58. The maximum Gasteiger partial charge on any atom is 0.0323 e. The highest BCUT2D eigenvalue weighted by Crippen LogP contribution is 2.29. The van der Waals surface area contributed by atoms with Gasteiger partial charge in [0.25, 0.3) is 0 Å². The van der Waals surface area contributed by atoms with Crippen molar-refractivity contribution < 1.29 is 0 Å². The molecule has 0 unspecified atom stereocenters. The van der Waals surface area contributed by atoms with Gasteiger partial charge in [-0.05, 0) is 35.4 Å². The van der Waals surface area contributed by atoms with Gasteiger partial charge in [0.15, 0.2) is 0 Å². The highest BCUT2D eigenvalue weighted by Gasteiger charge is 2.22. The van der Waals surface area contributed by atoms with Gasteiger partial charge in [0.1, 0.15) is 0 Å². The molecule has 0 amide bonds. The predicted molar refractivity (Wildman–Crippen MR) is 69.7 cm³/mol. The molecular weight excluding hydrogens is 194 g/mol. The van der Waals surface area contributed by atoms with Crippen LogP contribution in [0.2, 0.25) is 0 Å². The van der Waals surface area contributed by atoms with Gasteiger partial charge in [0.05, 0.1) is 0 Å². The van der Waals surface area contributed by atoms with Crippen LogP contribution < -0.4 is 5.32 Å². The molecular formula is C15H23N. The highest BCUT2D eigenvalue weighted by atomic mass is 14.9. The molecule has 1 fully saturated rings. The molecule has 1 saturated heterocycles. The van der Waals surface area contributed by atoms with Gasteiger partial charge in [-0.1, -0.05) is 52.0 Å². The molecule has 0 aliphatic carbocycles. The zero-order chi connectivity index (χ0) is 11.8. The molecule has 1 aliphatic rings. The highest BCUT2D eigenvalue weighted by molar-refractivity contribution is 5.29. The number of nitrogens with one attached hydrogen (secondary N) is 1. The van der Waals surface area contributed by atoms with Crippen LogP contribution in [0.4, 0.5) is 0 Å². The maximum atomic E-state index is 3.58. The minimum atomic E-state index is 0.259. The lowest BCUT2D eigenvalue weighted by molar-refractivity contribution is 0.586. The monoisotopic (exact) mass is 217 g/mol. The Morgan fingerprint density at radius 1 is 1.12 bits per heavy atom. The van der Waals surface area contributed by atoms with Gasteiger partial charge < -0.3 is 5.32 Å². The van der Waals surface area contributed by atoms with Crippen molar-refractivity contribution in [3.63, 3.8) is 0 Å². The summed E-state index contributed by atoms with van der Waals surface area (Å²) in [5, 5.41) is 3.58. The van der Waals surface area contributed by atoms with Crippen molar-refractivity contribution in [3.8, 4) is 0 Å². The summed E-state index contributed by atoms with van der Waals surface area (Å²) < 4.78 is 0. The second-order valence-electron chi connectivity index (χ2n) is 6.17. The standard InChI is InChI=1S/C15H23N/c1-11-9-14(16-10-11)12-5-7-13(8-6-12)15(2,3)4/h5-8,11,14,16H,9-10H2,1-4H3/t11-,14+/m0/s1. The smallest absolute Gasteiger partial charge is 0.0323 e. The Balaban J connectivity index is 2.14. The number of benzene rings is 1. The fourth-order valence-electron chi connectivity index (χ4n) is 2.38. The van der Waals surface area contributed by atoms with E-state index in [1.165, 1.54) is 17.5 Å². The molecule has 0 spiro atoms. The molecule has 1 aromatic rings. The van der Waals surface area contributed by atoms with Crippen molar-refractivity contribution >= 4 is 0 Å². The lowest BCUT2D eigenvalue weighted by Gasteiger charge is -2.20. The van der Waals surface area contributed by atoms with Crippen LogP contribution in [0, 0.1) is 5.92 Å². The third-order valence-electron chi connectivity index (χ3n) is 3.53. The van der Waals surface area contributed by atoms with E-state index in [-0.39, 0.29) is 5.41 Å². The molecule has 1 aliphatic heterocycles. The van der Waals surface area contributed by atoms with E-state index in [1.54, 1.807) is 0 Å². The summed E-state index contributed by atoms with van der Waals surface area (Å²) in [5.41, 5.74) is 3.12. The first-order chi connectivity index (χ1) is 7.47. The van der Waals surface area contributed by atoms with Gasteiger partial charge in [-0.15, -0.1) is 0 Å². The second kappa shape index (κ2) is 4.21. The lowest BCUT2D eigenvalue weighted by Crippen LogP contribution is -2.14. The molecule has 0 saturated carbocycles. The quantitative estimate of drug-likeness (QED) is 0.757. The molecule has 0 bridgehead atoms. The molecule has 16 heavy (non-hydrogen) atoms. The summed E-state index contributed by atoms with van der Waals surface area (Å²) in [4.78, 5) is 0. The number of rotatable bonds is 1. The van der Waals surface area contributed by atoms with E-state index in [2.05, 4.69) is 57.3 Å². The molecule has 88 valence electrons. The summed E-state index contributed by atoms with van der Waals surface area (Å²) in [6.45, 7) is 10.3. The molecule has 1 nitrogen and oxygen atoms in total. The Morgan fingerprint density at radius 3 is 2.19 bits per heavy atom. The van der Waals surface area contributed by atoms with Gasteiger partial charge in [-0.25, -0.2) is 0 Å². The Bertz CT molecular complexity index is 345. The molecule has 0 aromatic heterocycles. The van der Waals surface area contributed by atoms with Crippen LogP contribution in [0.1, 0.15) is 51.3 Å². The second-order valence-corrected chi connectivity index (χ2v) is 6.17. The molecule has 1 N–H and O–H groups in total. The van der Waals surface area contributed by atoms with E-state index in [1.807, 2.05) is 0 Å². The SMILES string of the molecule is C[C@@H]1CN[C@@H](c2ccc(C(C)(C)C)cc2)C1. The first-order valence-electron chi connectivity index (χ1n) is 6.30. The lowest BCUT2D eigenvalue weighted by atomic mass is 9.86. The largest absolute Gasteiger partial charge is 0.310 e. The van der Waals surface area contributed by atoms with E-state index >= 15 is 0 Å². The fourth-order valence-corrected chi connectivity index (χ4v) is 2.38. The zero-order valence-corrected chi connectivity index (χ0v) is 10.9. The topological polar surface area (TPSA) is 12.0 Å². The van der Waals surface area contributed by atoms with Crippen LogP contribution in [0.15, 0.2) is 24.3 Å². The van der Waals surface area contributed by atoms with Gasteiger partial charge in [-0.2, -0.15) is 0 Å². The Morgan fingerprint density at radius 2 is 1.75 bits per heavy atom. The summed E-state index contributed by atoms with van der Waals surface area (Å²) in [6, 6.07) is 9.70.